The standard InChI is InChI=1S/C16H28BNO4.C15H21N3O2.C5H5BrN2/c1-14(2,3)20-13(19)18-10-8-12(9-11-18)17-21-15(4,5)16(6,7)22-17;1-15(2,3)20-14(19)18-8-6-11(7-9-18)12-4-5-13(16)17-10-12;6-4-1-2-5(7)8-3-4/h8H,9-11H2,1-7H3;4-6,10H,7-9H2,1-3H3,(H2,16,17);1-3H,(H2,7,8). The van der Waals surface area contributed by atoms with Crippen LogP contribution in [0.4, 0.5) is 21.2 Å². The molecular weight excluding hydrogens is 703 g/mol. The molecule has 0 radical (unpaired) electrons. The molecule has 5 heterocycles. The van der Waals surface area contributed by atoms with E-state index in [4.69, 9.17) is 30.2 Å². The highest BCUT2D eigenvalue weighted by molar-refractivity contribution is 9.10. The maximum atomic E-state index is 12.1. The highest BCUT2D eigenvalue weighted by atomic mass is 79.9. The lowest BCUT2D eigenvalue weighted by atomic mass is 9.75. The number of ether oxygens (including phenoxy) is 2. The molecule has 3 aliphatic heterocycles. The van der Waals surface area contributed by atoms with Gasteiger partial charge in [-0.3, -0.25) is 0 Å². The molecule has 0 spiro atoms. The summed E-state index contributed by atoms with van der Waals surface area (Å²) in [6, 6.07) is 7.33. The van der Waals surface area contributed by atoms with Gasteiger partial charge in [0.25, 0.3) is 0 Å². The minimum atomic E-state index is -0.465. The van der Waals surface area contributed by atoms with Crippen LogP contribution in [0.2, 0.25) is 0 Å². The molecule has 1 saturated heterocycles. The number of hydrogen-bond acceptors (Lipinski definition) is 10. The molecule has 0 aliphatic carbocycles. The molecule has 0 bridgehead atoms. The lowest BCUT2D eigenvalue weighted by Crippen LogP contribution is -2.41. The summed E-state index contributed by atoms with van der Waals surface area (Å²) in [6.07, 6.45) is 8.51. The minimum Gasteiger partial charge on any atom is -0.444 e. The van der Waals surface area contributed by atoms with Crippen molar-refractivity contribution < 1.29 is 28.4 Å². The van der Waals surface area contributed by atoms with E-state index in [1.54, 1.807) is 34.3 Å². The Morgan fingerprint density at radius 3 is 1.62 bits per heavy atom. The van der Waals surface area contributed by atoms with E-state index in [1.807, 2.05) is 93.5 Å². The first-order valence-electron chi connectivity index (χ1n) is 16.8. The van der Waals surface area contributed by atoms with Crippen molar-refractivity contribution in [2.75, 3.05) is 37.6 Å². The van der Waals surface area contributed by atoms with Crippen molar-refractivity contribution in [3.05, 3.63) is 64.3 Å². The zero-order valence-corrected chi connectivity index (χ0v) is 32.8. The molecule has 3 aliphatic rings. The summed E-state index contributed by atoms with van der Waals surface area (Å²) in [5.41, 5.74) is 12.6. The van der Waals surface area contributed by atoms with E-state index >= 15 is 0 Å². The summed E-state index contributed by atoms with van der Waals surface area (Å²) >= 11 is 3.23. The molecule has 0 unspecified atom stereocenters. The number of carbonyl (C=O) groups excluding carboxylic acids is 2. The largest absolute Gasteiger partial charge is 0.490 e. The normalized spacial score (nSPS) is 18.4. The first-order chi connectivity index (χ1) is 23.0. The molecule has 12 nitrogen and oxygen atoms in total. The lowest BCUT2D eigenvalue weighted by molar-refractivity contribution is 0.00578. The summed E-state index contributed by atoms with van der Waals surface area (Å²) in [4.78, 5) is 35.3. The number of nitrogen functional groups attached to an aromatic ring is 2. The maximum Gasteiger partial charge on any atom is 0.490 e. The number of anilines is 2. The number of nitrogens with zero attached hydrogens (tertiary/aromatic N) is 4. The van der Waals surface area contributed by atoms with Crippen LogP contribution in [-0.2, 0) is 18.8 Å². The highest BCUT2D eigenvalue weighted by Crippen LogP contribution is 2.39. The number of rotatable bonds is 2. The predicted octanol–water partition coefficient (Wildman–Crippen LogP) is 7.30. The van der Waals surface area contributed by atoms with Crippen molar-refractivity contribution in [1.82, 2.24) is 19.8 Å². The maximum absolute atomic E-state index is 12.1. The van der Waals surface area contributed by atoms with Crippen LogP contribution in [0.1, 0.15) is 87.6 Å². The average Bonchev–Trinajstić information content (AvgIpc) is 3.24. The molecular formula is C36H54BBrN6O6. The number of nitrogens with two attached hydrogens (primary N) is 2. The monoisotopic (exact) mass is 756 g/mol. The first kappa shape index (κ1) is 40.8. The molecule has 2 amide bonds. The van der Waals surface area contributed by atoms with E-state index in [9.17, 15) is 9.59 Å². The fourth-order valence-electron chi connectivity index (χ4n) is 4.79. The fraction of sp³-hybridized carbons (Fsp3) is 0.556. The van der Waals surface area contributed by atoms with Crippen LogP contribution in [0, 0.1) is 0 Å². The van der Waals surface area contributed by atoms with Crippen LogP contribution in [0.3, 0.4) is 0 Å². The van der Waals surface area contributed by atoms with Gasteiger partial charge in [-0.25, -0.2) is 19.6 Å². The van der Waals surface area contributed by atoms with Crippen molar-refractivity contribution in [1.29, 1.82) is 0 Å². The van der Waals surface area contributed by atoms with E-state index in [-0.39, 0.29) is 30.5 Å². The summed E-state index contributed by atoms with van der Waals surface area (Å²) < 4.78 is 23.8. The lowest BCUT2D eigenvalue weighted by Gasteiger charge is -2.32. The third-order valence-electron chi connectivity index (χ3n) is 8.22. The molecule has 0 aromatic carbocycles. The number of carbonyl (C=O) groups is 2. The molecule has 2 aromatic rings. The number of aromatic nitrogens is 2. The van der Waals surface area contributed by atoms with Gasteiger partial charge in [0.05, 0.1) is 11.2 Å². The second-order valence-corrected chi connectivity index (χ2v) is 16.2. The van der Waals surface area contributed by atoms with E-state index in [2.05, 4.69) is 25.9 Å². The van der Waals surface area contributed by atoms with Crippen molar-refractivity contribution in [3.63, 3.8) is 0 Å². The van der Waals surface area contributed by atoms with Gasteiger partial charge in [0.1, 0.15) is 22.8 Å². The van der Waals surface area contributed by atoms with Gasteiger partial charge in [0, 0.05) is 43.0 Å². The van der Waals surface area contributed by atoms with E-state index < -0.39 is 11.2 Å². The summed E-state index contributed by atoms with van der Waals surface area (Å²) in [6.45, 7) is 21.8. The Labute approximate surface area is 306 Å². The van der Waals surface area contributed by atoms with Crippen LogP contribution in [-0.4, -0.2) is 87.7 Å². The van der Waals surface area contributed by atoms with Crippen LogP contribution >= 0.6 is 15.9 Å². The smallest absolute Gasteiger partial charge is 0.444 e. The van der Waals surface area contributed by atoms with Gasteiger partial charge in [-0.05, 0) is 139 Å². The second-order valence-electron chi connectivity index (χ2n) is 15.3. The van der Waals surface area contributed by atoms with Crippen LogP contribution in [0.5, 0.6) is 0 Å². The summed E-state index contributed by atoms with van der Waals surface area (Å²) in [7, 11) is -0.314. The molecule has 14 heteroatoms. The van der Waals surface area contributed by atoms with E-state index in [0.29, 0.717) is 37.8 Å². The second kappa shape index (κ2) is 16.6. The highest BCUT2D eigenvalue weighted by Gasteiger charge is 2.52. The molecule has 50 heavy (non-hydrogen) atoms. The topological polar surface area (TPSA) is 155 Å². The van der Waals surface area contributed by atoms with Crippen LogP contribution < -0.4 is 11.5 Å². The van der Waals surface area contributed by atoms with Gasteiger partial charge >= 0.3 is 19.3 Å². The van der Waals surface area contributed by atoms with Crippen LogP contribution in [0.15, 0.2) is 58.8 Å². The Morgan fingerprint density at radius 1 is 0.780 bits per heavy atom. The number of pyridine rings is 2. The van der Waals surface area contributed by atoms with Gasteiger partial charge in [-0.1, -0.05) is 12.2 Å². The van der Waals surface area contributed by atoms with Gasteiger partial charge in [-0.15, -0.1) is 0 Å². The fourth-order valence-corrected chi connectivity index (χ4v) is 5.03. The summed E-state index contributed by atoms with van der Waals surface area (Å²) in [5, 5.41) is 0. The Kier molecular flexibility index (Phi) is 13.6. The molecule has 2 aromatic heterocycles. The molecule has 1 fully saturated rings. The Hall–Kier alpha value is -3.62. The molecule has 4 N–H and O–H groups in total. The Balaban J connectivity index is 0.000000223. The third kappa shape index (κ3) is 12.6. The van der Waals surface area contributed by atoms with Crippen molar-refractivity contribution in [3.8, 4) is 0 Å². The predicted molar refractivity (Wildman–Crippen MR) is 202 cm³/mol. The molecule has 5 rings (SSSR count). The van der Waals surface area contributed by atoms with Crippen molar-refractivity contribution in [2.45, 2.75) is 104 Å². The van der Waals surface area contributed by atoms with Gasteiger partial charge in [-0.2, -0.15) is 0 Å². The van der Waals surface area contributed by atoms with E-state index in [1.165, 1.54) is 5.57 Å². The molecule has 0 atom stereocenters. The number of amides is 2. The number of hydrogen-bond donors (Lipinski definition) is 2. The minimum absolute atomic E-state index is 0.261. The summed E-state index contributed by atoms with van der Waals surface area (Å²) in [5.74, 6) is 1.06. The SMILES string of the molecule is CC(C)(C)OC(=O)N1CC=C(B2OC(C)(C)C(C)(C)O2)CC1.CC(C)(C)OC(=O)N1CC=C(c2ccc(N)nc2)CC1.Nc1ccc(Br)cn1. The zero-order chi connectivity index (χ0) is 37.5. The Morgan fingerprint density at radius 2 is 1.26 bits per heavy atom. The van der Waals surface area contributed by atoms with Gasteiger partial charge in [0.15, 0.2) is 0 Å². The number of halogens is 1. The average molecular weight is 758 g/mol. The van der Waals surface area contributed by atoms with Crippen molar-refractivity contribution >= 4 is 52.4 Å². The van der Waals surface area contributed by atoms with Crippen LogP contribution in [0.25, 0.3) is 5.57 Å². The zero-order valence-electron chi connectivity index (χ0n) is 31.2. The third-order valence-corrected chi connectivity index (χ3v) is 8.69. The first-order valence-corrected chi connectivity index (χ1v) is 17.6. The van der Waals surface area contributed by atoms with E-state index in [0.717, 1.165) is 28.4 Å². The molecule has 0 saturated carbocycles. The molecule has 274 valence electrons. The van der Waals surface area contributed by atoms with Crippen molar-refractivity contribution in [2.24, 2.45) is 0 Å². The van der Waals surface area contributed by atoms with Gasteiger partial charge < -0.3 is 40.0 Å². The Bertz CT molecular complexity index is 1480. The van der Waals surface area contributed by atoms with Gasteiger partial charge in [0.2, 0.25) is 0 Å². The quantitative estimate of drug-likeness (QED) is 0.298.